The molecule has 1 amide bonds. The van der Waals surface area contributed by atoms with Crippen molar-refractivity contribution in [2.24, 2.45) is 5.41 Å². The molecule has 110 valence electrons. The number of carbonyl (C=O) groups excluding carboxylic acids is 1. The molecule has 1 aliphatic rings. The lowest BCUT2D eigenvalue weighted by Crippen LogP contribution is -2.40. The minimum Gasteiger partial charge on any atom is -0.507 e. The minimum atomic E-state index is -0.541. The molecule has 3 nitrogen and oxygen atoms in total. The lowest BCUT2D eigenvalue weighted by Gasteiger charge is -2.38. The highest BCUT2D eigenvalue weighted by Gasteiger charge is 2.31. The number of phenolic OH excluding ortho intramolecular Hbond substituents is 1. The maximum Gasteiger partial charge on any atom is 0.257 e. The highest BCUT2D eigenvalue weighted by atomic mass is 19.1. The van der Waals surface area contributed by atoms with Crippen LogP contribution >= 0.6 is 0 Å². The molecule has 0 atom stereocenters. The molecule has 1 fully saturated rings. The summed E-state index contributed by atoms with van der Waals surface area (Å²) in [4.78, 5) is 14.1. The molecule has 1 N–H and O–H groups in total. The Balaban J connectivity index is 2.09. The third kappa shape index (κ3) is 3.11. The molecule has 1 saturated carbocycles. The summed E-state index contributed by atoms with van der Waals surface area (Å²) < 4.78 is 13.0. The van der Waals surface area contributed by atoms with Crippen LogP contribution in [0.3, 0.4) is 0 Å². The van der Waals surface area contributed by atoms with Gasteiger partial charge in [-0.1, -0.05) is 13.8 Å². The molecule has 0 heterocycles. The maximum atomic E-state index is 13.0. The first-order valence-corrected chi connectivity index (χ1v) is 7.06. The Morgan fingerprint density at radius 3 is 2.50 bits per heavy atom. The zero-order chi connectivity index (χ0) is 14.9. The lowest BCUT2D eigenvalue weighted by molar-refractivity contribution is 0.0632. The van der Waals surface area contributed by atoms with Gasteiger partial charge in [0, 0.05) is 19.2 Å². The van der Waals surface area contributed by atoms with E-state index in [2.05, 4.69) is 13.8 Å². The van der Waals surface area contributed by atoms with Crippen LogP contribution in [0.25, 0.3) is 0 Å². The third-order valence-corrected chi connectivity index (χ3v) is 4.37. The smallest absolute Gasteiger partial charge is 0.257 e. The summed E-state index contributed by atoms with van der Waals surface area (Å²) in [6.07, 6.45) is 4.11. The summed E-state index contributed by atoms with van der Waals surface area (Å²) in [6, 6.07) is 3.71. The highest BCUT2D eigenvalue weighted by molar-refractivity contribution is 5.96. The molecule has 0 saturated heterocycles. The number of benzene rings is 1. The monoisotopic (exact) mass is 279 g/mol. The van der Waals surface area contributed by atoms with E-state index in [0.717, 1.165) is 31.7 Å². The van der Waals surface area contributed by atoms with Gasteiger partial charge < -0.3 is 10.0 Å². The zero-order valence-electron chi connectivity index (χ0n) is 12.3. The minimum absolute atomic E-state index is 0.165. The molecule has 1 aromatic rings. The average Bonchev–Trinajstić information content (AvgIpc) is 2.37. The van der Waals surface area contributed by atoms with Crippen molar-refractivity contribution in [3.63, 3.8) is 0 Å². The molecule has 1 aliphatic carbocycles. The van der Waals surface area contributed by atoms with Crippen molar-refractivity contribution in [3.8, 4) is 5.75 Å². The summed E-state index contributed by atoms with van der Waals surface area (Å²) in [5.74, 6) is -1.08. The second-order valence-corrected chi connectivity index (χ2v) is 6.47. The molecular formula is C16H22FNO2. The van der Waals surface area contributed by atoms with Crippen LogP contribution in [-0.2, 0) is 0 Å². The van der Waals surface area contributed by atoms with E-state index in [-0.39, 0.29) is 23.3 Å². The Kier molecular flexibility index (Phi) is 4.02. The number of hydrogen-bond donors (Lipinski definition) is 1. The summed E-state index contributed by atoms with van der Waals surface area (Å²) >= 11 is 0. The number of halogens is 1. The van der Waals surface area contributed by atoms with E-state index in [1.165, 1.54) is 12.1 Å². The number of carbonyl (C=O) groups is 1. The first-order valence-electron chi connectivity index (χ1n) is 7.06. The van der Waals surface area contributed by atoms with Gasteiger partial charge in [0.1, 0.15) is 11.6 Å². The SMILES string of the molecule is CN(C(=O)c1ccc(F)cc1O)C1CCC(C)(C)CC1. The first-order chi connectivity index (χ1) is 9.30. The molecule has 2 rings (SSSR count). The van der Waals surface area contributed by atoms with Gasteiger partial charge in [0.25, 0.3) is 5.91 Å². The fourth-order valence-electron chi connectivity index (χ4n) is 2.81. The van der Waals surface area contributed by atoms with Crippen molar-refractivity contribution in [1.82, 2.24) is 4.90 Å². The van der Waals surface area contributed by atoms with Gasteiger partial charge >= 0.3 is 0 Å². The van der Waals surface area contributed by atoms with Crippen LogP contribution in [0.2, 0.25) is 0 Å². The number of rotatable bonds is 2. The van der Waals surface area contributed by atoms with E-state index in [1.807, 2.05) is 0 Å². The molecule has 4 heteroatoms. The van der Waals surface area contributed by atoms with Gasteiger partial charge in [0.2, 0.25) is 0 Å². The van der Waals surface area contributed by atoms with Crippen molar-refractivity contribution in [2.45, 2.75) is 45.6 Å². The molecule has 20 heavy (non-hydrogen) atoms. The average molecular weight is 279 g/mol. The van der Waals surface area contributed by atoms with E-state index in [9.17, 15) is 14.3 Å². The van der Waals surface area contributed by atoms with E-state index >= 15 is 0 Å². The van der Waals surface area contributed by atoms with Crippen LogP contribution in [0.5, 0.6) is 5.75 Å². The van der Waals surface area contributed by atoms with Crippen molar-refractivity contribution >= 4 is 5.91 Å². The van der Waals surface area contributed by atoms with Gasteiger partial charge in [-0.3, -0.25) is 4.79 Å². The Hall–Kier alpha value is -1.58. The number of hydrogen-bond acceptors (Lipinski definition) is 2. The first kappa shape index (κ1) is 14.8. The van der Waals surface area contributed by atoms with Crippen molar-refractivity contribution in [2.75, 3.05) is 7.05 Å². The van der Waals surface area contributed by atoms with Crippen molar-refractivity contribution in [3.05, 3.63) is 29.6 Å². The van der Waals surface area contributed by atoms with Crippen LogP contribution in [0.4, 0.5) is 4.39 Å². The standard InChI is InChI=1S/C16H22FNO2/c1-16(2)8-6-12(7-9-16)18(3)15(20)13-5-4-11(17)10-14(13)19/h4-5,10,12,19H,6-9H2,1-3H3. The topological polar surface area (TPSA) is 40.5 Å². The normalized spacial score (nSPS) is 18.8. The Labute approximate surface area is 119 Å². The van der Waals surface area contributed by atoms with Gasteiger partial charge in [-0.2, -0.15) is 0 Å². The highest BCUT2D eigenvalue weighted by Crippen LogP contribution is 2.37. The molecule has 1 aromatic carbocycles. The number of nitrogens with zero attached hydrogens (tertiary/aromatic N) is 1. The zero-order valence-corrected chi connectivity index (χ0v) is 12.3. The lowest BCUT2D eigenvalue weighted by atomic mass is 9.75. The molecule has 0 aliphatic heterocycles. The quantitative estimate of drug-likeness (QED) is 0.899. The molecule has 0 aromatic heterocycles. The Morgan fingerprint density at radius 2 is 1.95 bits per heavy atom. The predicted molar refractivity (Wildman–Crippen MR) is 76.2 cm³/mol. The van der Waals surface area contributed by atoms with E-state index in [4.69, 9.17) is 0 Å². The number of phenols is 1. The van der Waals surface area contributed by atoms with Crippen LogP contribution in [-0.4, -0.2) is 29.0 Å². The fraction of sp³-hybridized carbons (Fsp3) is 0.562. The molecule has 0 spiro atoms. The van der Waals surface area contributed by atoms with Crippen molar-refractivity contribution < 1.29 is 14.3 Å². The predicted octanol–water partition coefficient (Wildman–Crippen LogP) is 3.57. The van der Waals surface area contributed by atoms with E-state index in [1.54, 1.807) is 11.9 Å². The van der Waals surface area contributed by atoms with Crippen LogP contribution in [0.15, 0.2) is 18.2 Å². The second-order valence-electron chi connectivity index (χ2n) is 6.47. The van der Waals surface area contributed by atoms with E-state index in [0.29, 0.717) is 5.41 Å². The van der Waals surface area contributed by atoms with Gasteiger partial charge in [0.05, 0.1) is 5.56 Å². The molecule has 0 bridgehead atoms. The van der Waals surface area contributed by atoms with Crippen molar-refractivity contribution in [1.29, 1.82) is 0 Å². The molecule has 0 unspecified atom stereocenters. The summed E-state index contributed by atoms with van der Waals surface area (Å²) in [5, 5.41) is 9.70. The second kappa shape index (κ2) is 5.43. The maximum absolute atomic E-state index is 13.0. The van der Waals surface area contributed by atoms with E-state index < -0.39 is 5.82 Å². The van der Waals surface area contributed by atoms with Gasteiger partial charge in [-0.25, -0.2) is 4.39 Å². The van der Waals surface area contributed by atoms with Gasteiger partial charge in [-0.15, -0.1) is 0 Å². The molecule has 0 radical (unpaired) electrons. The number of aromatic hydroxyl groups is 1. The number of amides is 1. The summed E-state index contributed by atoms with van der Waals surface area (Å²) in [7, 11) is 1.76. The molecular weight excluding hydrogens is 257 g/mol. The summed E-state index contributed by atoms with van der Waals surface area (Å²) in [5.41, 5.74) is 0.511. The Bertz CT molecular complexity index is 503. The fourth-order valence-corrected chi connectivity index (χ4v) is 2.81. The largest absolute Gasteiger partial charge is 0.507 e. The third-order valence-electron chi connectivity index (χ3n) is 4.37. The van der Waals surface area contributed by atoms with Crippen LogP contribution < -0.4 is 0 Å². The van der Waals surface area contributed by atoms with Crippen LogP contribution in [0, 0.1) is 11.2 Å². The van der Waals surface area contributed by atoms with Gasteiger partial charge in [-0.05, 0) is 43.2 Å². The Morgan fingerprint density at radius 1 is 1.35 bits per heavy atom. The van der Waals surface area contributed by atoms with Gasteiger partial charge in [0.15, 0.2) is 0 Å². The summed E-state index contributed by atoms with van der Waals surface area (Å²) in [6.45, 7) is 4.49. The van der Waals surface area contributed by atoms with Crippen LogP contribution in [0.1, 0.15) is 49.9 Å².